The van der Waals surface area contributed by atoms with E-state index in [1.807, 2.05) is 25.1 Å². The predicted molar refractivity (Wildman–Crippen MR) is 84.0 cm³/mol. The van der Waals surface area contributed by atoms with Gasteiger partial charge in [0, 0.05) is 21.5 Å². The topological polar surface area (TPSA) is 69.2 Å². The van der Waals surface area contributed by atoms with Crippen LogP contribution in [0, 0.1) is 10.1 Å². The maximum Gasteiger partial charge on any atom is 0.283 e. The van der Waals surface area contributed by atoms with Crippen LogP contribution in [0.25, 0.3) is 0 Å². The van der Waals surface area contributed by atoms with Gasteiger partial charge in [-0.25, -0.2) is 0 Å². The highest BCUT2D eigenvalue weighted by Gasteiger charge is 2.15. The van der Waals surface area contributed by atoms with Crippen molar-refractivity contribution in [3.8, 4) is 0 Å². The van der Waals surface area contributed by atoms with Crippen LogP contribution in [0.5, 0.6) is 0 Å². The second-order valence-corrected chi connectivity index (χ2v) is 6.24. The highest BCUT2D eigenvalue weighted by molar-refractivity contribution is 9.10. The van der Waals surface area contributed by atoms with Gasteiger partial charge < -0.3 is 5.73 Å². The summed E-state index contributed by atoms with van der Waals surface area (Å²) in [5, 5.41) is 11.0. The molecule has 0 amide bonds. The summed E-state index contributed by atoms with van der Waals surface area (Å²) >= 11 is 4.85. The molecule has 2 N–H and O–H groups in total. The maximum absolute atomic E-state index is 11.0. The van der Waals surface area contributed by atoms with E-state index in [4.69, 9.17) is 5.73 Å². The third kappa shape index (κ3) is 3.39. The average molecular weight is 353 g/mol. The van der Waals surface area contributed by atoms with Crippen molar-refractivity contribution < 1.29 is 4.92 Å². The molecular formula is C14H13BrN2O2S. The second-order valence-electron chi connectivity index (χ2n) is 4.31. The van der Waals surface area contributed by atoms with Crippen LogP contribution in [0.2, 0.25) is 0 Å². The molecule has 6 heteroatoms. The van der Waals surface area contributed by atoms with Crippen LogP contribution in [0.15, 0.2) is 56.7 Å². The van der Waals surface area contributed by atoms with Crippen molar-refractivity contribution in [3.63, 3.8) is 0 Å². The molecule has 2 aromatic carbocycles. The molecule has 4 nitrogen and oxygen atoms in total. The molecule has 0 aromatic heterocycles. The Balaban J connectivity index is 2.33. The Hall–Kier alpha value is -1.37. The molecule has 2 aromatic rings. The van der Waals surface area contributed by atoms with Gasteiger partial charge in [-0.05, 0) is 46.6 Å². The molecule has 0 aliphatic carbocycles. The number of nitrogens with zero attached hydrogens (tertiary/aromatic N) is 1. The largest absolute Gasteiger partial charge is 0.324 e. The number of hydrogen-bond donors (Lipinski definition) is 1. The fourth-order valence-corrected chi connectivity index (χ4v) is 3.26. The van der Waals surface area contributed by atoms with E-state index in [1.54, 1.807) is 18.2 Å². The monoisotopic (exact) mass is 352 g/mol. The van der Waals surface area contributed by atoms with Crippen molar-refractivity contribution in [1.82, 2.24) is 0 Å². The zero-order chi connectivity index (χ0) is 14.7. The number of halogens is 1. The first-order chi connectivity index (χ1) is 9.49. The fraction of sp³-hybridized carbons (Fsp3) is 0.143. The van der Waals surface area contributed by atoms with E-state index in [1.165, 1.54) is 17.8 Å². The second kappa shape index (κ2) is 6.39. The number of benzene rings is 2. The Kier molecular flexibility index (Phi) is 4.80. The molecule has 0 saturated heterocycles. The molecule has 20 heavy (non-hydrogen) atoms. The van der Waals surface area contributed by atoms with Gasteiger partial charge in [0.2, 0.25) is 0 Å². The first-order valence-corrected chi connectivity index (χ1v) is 7.56. The van der Waals surface area contributed by atoms with Crippen LogP contribution in [0.1, 0.15) is 18.5 Å². The Morgan fingerprint density at radius 2 is 1.95 bits per heavy atom. The quantitative estimate of drug-likeness (QED) is 0.648. The highest BCUT2D eigenvalue weighted by Crippen LogP contribution is 2.38. The lowest BCUT2D eigenvalue weighted by atomic mass is 10.1. The number of nitro benzene ring substituents is 1. The Morgan fingerprint density at radius 1 is 1.25 bits per heavy atom. The van der Waals surface area contributed by atoms with Gasteiger partial charge in [0.05, 0.1) is 9.82 Å². The Labute approximate surface area is 129 Å². The lowest BCUT2D eigenvalue weighted by Gasteiger charge is -2.09. The van der Waals surface area contributed by atoms with E-state index in [-0.39, 0.29) is 16.7 Å². The van der Waals surface area contributed by atoms with Crippen LogP contribution < -0.4 is 5.73 Å². The lowest BCUT2D eigenvalue weighted by Crippen LogP contribution is -2.04. The number of nitrogens with two attached hydrogens (primary N) is 1. The summed E-state index contributed by atoms with van der Waals surface area (Å²) in [6.45, 7) is 1.91. The van der Waals surface area contributed by atoms with Gasteiger partial charge in [-0.15, -0.1) is 0 Å². The van der Waals surface area contributed by atoms with E-state index in [9.17, 15) is 10.1 Å². The van der Waals surface area contributed by atoms with Crippen molar-refractivity contribution in [2.75, 3.05) is 0 Å². The van der Waals surface area contributed by atoms with E-state index in [0.29, 0.717) is 4.90 Å². The van der Waals surface area contributed by atoms with E-state index in [0.717, 1.165) is 14.9 Å². The molecule has 2 rings (SSSR count). The SMILES string of the molecule is C[C@@H](N)c1ccc(Sc2ccccc2[N+](=O)[O-])c(Br)c1. The van der Waals surface area contributed by atoms with Gasteiger partial charge in [0.25, 0.3) is 5.69 Å². The molecule has 0 fully saturated rings. The molecule has 0 aliphatic rings. The lowest BCUT2D eigenvalue weighted by molar-refractivity contribution is -0.387. The van der Waals surface area contributed by atoms with Gasteiger partial charge in [-0.1, -0.05) is 30.0 Å². The minimum Gasteiger partial charge on any atom is -0.324 e. The molecule has 0 unspecified atom stereocenters. The molecule has 104 valence electrons. The van der Waals surface area contributed by atoms with Crippen LogP contribution in [-0.4, -0.2) is 4.92 Å². The summed E-state index contributed by atoms with van der Waals surface area (Å²) in [7, 11) is 0. The van der Waals surface area contributed by atoms with E-state index in [2.05, 4.69) is 15.9 Å². The van der Waals surface area contributed by atoms with Gasteiger partial charge in [-0.2, -0.15) is 0 Å². The predicted octanol–water partition coefficient (Wildman–Crippen LogP) is 4.53. The van der Waals surface area contributed by atoms with Crippen LogP contribution in [0.4, 0.5) is 5.69 Å². The number of nitro groups is 1. The summed E-state index contributed by atoms with van der Waals surface area (Å²) in [5.41, 5.74) is 6.96. The zero-order valence-corrected chi connectivity index (χ0v) is 13.1. The van der Waals surface area contributed by atoms with Gasteiger partial charge in [0.15, 0.2) is 0 Å². The normalized spacial score (nSPS) is 12.2. The van der Waals surface area contributed by atoms with Crippen LogP contribution in [-0.2, 0) is 0 Å². The minimum absolute atomic E-state index is 0.0450. The first kappa shape index (κ1) is 15.0. The molecule has 1 atom stereocenters. The number of hydrogen-bond acceptors (Lipinski definition) is 4. The summed E-state index contributed by atoms with van der Waals surface area (Å²) in [4.78, 5) is 12.2. The van der Waals surface area contributed by atoms with Gasteiger partial charge in [-0.3, -0.25) is 10.1 Å². The number of para-hydroxylation sites is 1. The minimum atomic E-state index is -0.368. The number of rotatable bonds is 4. The Morgan fingerprint density at radius 3 is 2.55 bits per heavy atom. The van der Waals surface area contributed by atoms with Gasteiger partial charge in [0.1, 0.15) is 0 Å². The summed E-state index contributed by atoms with van der Waals surface area (Å²) < 4.78 is 0.885. The van der Waals surface area contributed by atoms with Crippen molar-refractivity contribution in [2.45, 2.75) is 22.8 Å². The highest BCUT2D eigenvalue weighted by atomic mass is 79.9. The maximum atomic E-state index is 11.0. The molecule has 0 spiro atoms. The smallest absolute Gasteiger partial charge is 0.283 e. The summed E-state index contributed by atoms with van der Waals surface area (Å²) in [6, 6.07) is 12.5. The molecule has 0 saturated carbocycles. The van der Waals surface area contributed by atoms with Crippen molar-refractivity contribution >= 4 is 33.4 Å². The molecular weight excluding hydrogens is 340 g/mol. The summed E-state index contributed by atoms with van der Waals surface area (Å²) in [5.74, 6) is 0. The molecule has 0 radical (unpaired) electrons. The van der Waals surface area contributed by atoms with Crippen LogP contribution >= 0.6 is 27.7 Å². The van der Waals surface area contributed by atoms with Crippen LogP contribution in [0.3, 0.4) is 0 Å². The van der Waals surface area contributed by atoms with E-state index < -0.39 is 0 Å². The molecule has 0 heterocycles. The third-order valence-corrected chi connectivity index (χ3v) is 4.82. The zero-order valence-electron chi connectivity index (χ0n) is 10.7. The van der Waals surface area contributed by atoms with Crippen molar-refractivity contribution in [1.29, 1.82) is 0 Å². The average Bonchev–Trinajstić information content (AvgIpc) is 2.41. The van der Waals surface area contributed by atoms with Gasteiger partial charge >= 0.3 is 0 Å². The Bertz CT molecular complexity index is 647. The standard InChI is InChI=1S/C14H13BrN2O2S/c1-9(16)10-6-7-13(11(15)8-10)20-14-5-3-2-4-12(14)17(18)19/h2-9H,16H2,1H3/t9-/m1/s1. The first-order valence-electron chi connectivity index (χ1n) is 5.95. The molecule has 0 bridgehead atoms. The molecule has 0 aliphatic heterocycles. The van der Waals surface area contributed by atoms with E-state index >= 15 is 0 Å². The van der Waals surface area contributed by atoms with Crippen molar-refractivity contribution in [3.05, 3.63) is 62.6 Å². The fourth-order valence-electron chi connectivity index (χ4n) is 1.70. The van der Waals surface area contributed by atoms with Crippen molar-refractivity contribution in [2.24, 2.45) is 5.73 Å². The summed E-state index contributed by atoms with van der Waals surface area (Å²) in [6.07, 6.45) is 0. The third-order valence-electron chi connectivity index (χ3n) is 2.76.